The normalized spacial score (nSPS) is 18.3. The van der Waals surface area contributed by atoms with Crippen LogP contribution in [-0.4, -0.2) is 25.4 Å². The summed E-state index contributed by atoms with van der Waals surface area (Å²) in [6.45, 7) is 1.72. The van der Waals surface area contributed by atoms with E-state index in [1.54, 1.807) is 6.92 Å². The molecule has 0 spiro atoms. The molecular weight excluding hydrogens is 318 g/mol. The van der Waals surface area contributed by atoms with E-state index in [1.807, 2.05) is 0 Å². The summed E-state index contributed by atoms with van der Waals surface area (Å²) in [4.78, 5) is 10.3. The summed E-state index contributed by atoms with van der Waals surface area (Å²) in [7, 11) is -3.82. The number of nitrogens with one attached hydrogen (secondary N) is 1. The second kappa shape index (κ2) is 6.94. The summed E-state index contributed by atoms with van der Waals surface area (Å²) in [5, 5.41) is 11.0. The molecule has 1 aliphatic rings. The molecular formula is C15H23N3O4S. The minimum atomic E-state index is -3.82. The number of benzene rings is 1. The van der Waals surface area contributed by atoms with Gasteiger partial charge in [0.2, 0.25) is 10.0 Å². The number of hydrogen-bond donors (Lipinski definition) is 2. The molecule has 3 N–H and O–H groups in total. The van der Waals surface area contributed by atoms with Crippen molar-refractivity contribution in [3.8, 4) is 0 Å². The van der Waals surface area contributed by atoms with E-state index in [9.17, 15) is 18.5 Å². The molecule has 1 aromatic rings. The Morgan fingerprint density at radius 3 is 2.43 bits per heavy atom. The second-order valence-electron chi connectivity index (χ2n) is 6.31. The van der Waals surface area contributed by atoms with Crippen molar-refractivity contribution in [3.05, 3.63) is 33.9 Å². The van der Waals surface area contributed by atoms with Gasteiger partial charge in [-0.3, -0.25) is 10.1 Å². The Kier molecular flexibility index (Phi) is 5.38. The maximum atomic E-state index is 12.4. The van der Waals surface area contributed by atoms with Crippen LogP contribution in [0.25, 0.3) is 0 Å². The number of nitrogens with zero attached hydrogens (tertiary/aromatic N) is 1. The first-order valence-electron chi connectivity index (χ1n) is 7.77. The van der Waals surface area contributed by atoms with Crippen molar-refractivity contribution in [2.75, 3.05) is 6.54 Å². The van der Waals surface area contributed by atoms with E-state index in [4.69, 9.17) is 5.73 Å². The molecule has 1 fully saturated rings. The number of nitrogens with two attached hydrogens (primary N) is 1. The van der Waals surface area contributed by atoms with Gasteiger partial charge in [0.1, 0.15) is 0 Å². The molecule has 0 amide bonds. The molecule has 128 valence electrons. The number of sulfonamides is 1. The predicted octanol–water partition coefficient (Wildman–Crippen LogP) is 2.23. The topological polar surface area (TPSA) is 115 Å². The molecule has 0 atom stereocenters. The van der Waals surface area contributed by atoms with Crippen LogP contribution in [0.4, 0.5) is 5.69 Å². The maximum Gasteiger partial charge on any atom is 0.273 e. The molecule has 1 saturated carbocycles. The Bertz CT molecular complexity index is 680. The average Bonchev–Trinajstić information content (AvgIpc) is 2.71. The predicted molar refractivity (Wildman–Crippen MR) is 87.6 cm³/mol. The largest absolute Gasteiger partial charge is 0.324 e. The van der Waals surface area contributed by atoms with Crippen LogP contribution in [-0.2, 0) is 10.0 Å². The Balaban J connectivity index is 2.15. The van der Waals surface area contributed by atoms with Gasteiger partial charge >= 0.3 is 0 Å². The van der Waals surface area contributed by atoms with Gasteiger partial charge < -0.3 is 5.73 Å². The standard InChI is InChI=1S/C15H23N3O4S/c1-12-6-7-13(10-14(12)18(19)20)23(21,22)17-11-15(16)8-4-2-3-5-9-15/h6-7,10,17H,2-5,8-9,11,16H2,1H3. The second-order valence-corrected chi connectivity index (χ2v) is 8.07. The summed E-state index contributed by atoms with van der Waals surface area (Å²) in [5.41, 5.74) is 5.99. The molecule has 7 nitrogen and oxygen atoms in total. The van der Waals surface area contributed by atoms with E-state index in [-0.39, 0.29) is 17.1 Å². The fraction of sp³-hybridized carbons (Fsp3) is 0.600. The highest BCUT2D eigenvalue weighted by molar-refractivity contribution is 7.89. The van der Waals surface area contributed by atoms with Crippen molar-refractivity contribution in [1.29, 1.82) is 0 Å². The lowest BCUT2D eigenvalue weighted by atomic mass is 9.92. The summed E-state index contributed by atoms with van der Waals surface area (Å²) in [5.74, 6) is 0. The minimum Gasteiger partial charge on any atom is -0.324 e. The van der Waals surface area contributed by atoms with Crippen LogP contribution >= 0.6 is 0 Å². The Morgan fingerprint density at radius 2 is 1.87 bits per heavy atom. The van der Waals surface area contributed by atoms with Gasteiger partial charge in [0.05, 0.1) is 9.82 Å². The fourth-order valence-electron chi connectivity index (χ4n) is 2.88. The van der Waals surface area contributed by atoms with Gasteiger partial charge in [0.15, 0.2) is 0 Å². The number of aryl methyl sites for hydroxylation is 1. The number of hydrogen-bond acceptors (Lipinski definition) is 5. The molecule has 2 rings (SSSR count). The lowest BCUT2D eigenvalue weighted by Gasteiger charge is -2.28. The van der Waals surface area contributed by atoms with Crippen LogP contribution in [0.15, 0.2) is 23.1 Å². The van der Waals surface area contributed by atoms with E-state index >= 15 is 0 Å². The van der Waals surface area contributed by atoms with Gasteiger partial charge in [0, 0.05) is 23.7 Å². The first-order valence-corrected chi connectivity index (χ1v) is 9.25. The smallest absolute Gasteiger partial charge is 0.273 e. The average molecular weight is 341 g/mol. The van der Waals surface area contributed by atoms with Gasteiger partial charge in [-0.1, -0.05) is 31.7 Å². The fourth-order valence-corrected chi connectivity index (χ4v) is 4.04. The molecule has 1 aromatic carbocycles. The highest BCUT2D eigenvalue weighted by Gasteiger charge is 2.29. The summed E-state index contributed by atoms with van der Waals surface area (Å²) in [6.07, 6.45) is 5.79. The monoisotopic (exact) mass is 341 g/mol. The number of nitro groups is 1. The first kappa shape index (κ1) is 17.8. The van der Waals surface area contributed by atoms with Crippen LogP contribution in [0.1, 0.15) is 44.1 Å². The lowest BCUT2D eigenvalue weighted by molar-refractivity contribution is -0.385. The van der Waals surface area contributed by atoms with Gasteiger partial charge in [0.25, 0.3) is 5.69 Å². The van der Waals surface area contributed by atoms with Crippen molar-refractivity contribution < 1.29 is 13.3 Å². The SMILES string of the molecule is Cc1ccc(S(=O)(=O)NCC2(N)CCCCCC2)cc1[N+](=O)[O-]. The minimum absolute atomic E-state index is 0.105. The number of nitro benzene ring substituents is 1. The van der Waals surface area contributed by atoms with Crippen molar-refractivity contribution in [1.82, 2.24) is 4.72 Å². The zero-order valence-corrected chi connectivity index (χ0v) is 14.1. The van der Waals surface area contributed by atoms with Crippen molar-refractivity contribution in [3.63, 3.8) is 0 Å². The van der Waals surface area contributed by atoms with Gasteiger partial charge in [-0.05, 0) is 25.8 Å². The molecule has 8 heteroatoms. The quantitative estimate of drug-likeness (QED) is 0.484. The summed E-state index contributed by atoms with van der Waals surface area (Å²) in [6, 6.07) is 3.91. The molecule has 0 aliphatic heterocycles. The van der Waals surface area contributed by atoms with Crippen molar-refractivity contribution >= 4 is 15.7 Å². The van der Waals surface area contributed by atoms with Gasteiger partial charge in [-0.15, -0.1) is 0 Å². The van der Waals surface area contributed by atoms with Crippen LogP contribution in [0, 0.1) is 17.0 Å². The van der Waals surface area contributed by atoms with E-state index in [0.29, 0.717) is 5.56 Å². The van der Waals surface area contributed by atoms with Crippen molar-refractivity contribution in [2.24, 2.45) is 5.73 Å². The number of rotatable bonds is 5. The zero-order chi connectivity index (χ0) is 17.1. The highest BCUT2D eigenvalue weighted by Crippen LogP contribution is 2.26. The molecule has 0 radical (unpaired) electrons. The first-order chi connectivity index (χ1) is 10.7. The maximum absolute atomic E-state index is 12.4. The Hall–Kier alpha value is -1.51. The van der Waals surface area contributed by atoms with Gasteiger partial charge in [-0.2, -0.15) is 0 Å². The summed E-state index contributed by atoms with van der Waals surface area (Å²) >= 11 is 0. The van der Waals surface area contributed by atoms with Gasteiger partial charge in [-0.25, -0.2) is 13.1 Å². The highest BCUT2D eigenvalue weighted by atomic mass is 32.2. The molecule has 1 aliphatic carbocycles. The molecule has 0 unspecified atom stereocenters. The van der Waals surface area contributed by atoms with E-state index in [1.165, 1.54) is 12.1 Å². The lowest BCUT2D eigenvalue weighted by Crippen LogP contribution is -2.49. The third kappa shape index (κ3) is 4.49. The molecule has 0 saturated heterocycles. The van der Waals surface area contributed by atoms with Crippen LogP contribution in [0.5, 0.6) is 0 Å². The molecule has 0 aromatic heterocycles. The Morgan fingerprint density at radius 1 is 1.26 bits per heavy atom. The van der Waals surface area contributed by atoms with E-state index in [2.05, 4.69) is 4.72 Å². The third-order valence-corrected chi connectivity index (χ3v) is 5.80. The summed E-state index contributed by atoms with van der Waals surface area (Å²) < 4.78 is 27.3. The van der Waals surface area contributed by atoms with Crippen LogP contribution < -0.4 is 10.5 Å². The Labute approximate surface area is 136 Å². The van der Waals surface area contributed by atoms with Crippen molar-refractivity contribution in [2.45, 2.75) is 55.9 Å². The zero-order valence-electron chi connectivity index (χ0n) is 13.2. The molecule has 0 heterocycles. The van der Waals surface area contributed by atoms with Crippen LogP contribution in [0.2, 0.25) is 0 Å². The van der Waals surface area contributed by atoms with E-state index in [0.717, 1.165) is 44.6 Å². The van der Waals surface area contributed by atoms with Crippen LogP contribution in [0.3, 0.4) is 0 Å². The molecule has 23 heavy (non-hydrogen) atoms. The third-order valence-electron chi connectivity index (χ3n) is 4.40. The molecule has 0 bridgehead atoms. The van der Waals surface area contributed by atoms with E-state index < -0.39 is 20.5 Å².